The maximum atomic E-state index is 13.1. The van der Waals surface area contributed by atoms with E-state index in [0.29, 0.717) is 73.7 Å². The molecule has 0 saturated carbocycles. The first-order chi connectivity index (χ1) is 19.5. The Balaban J connectivity index is 1.05. The van der Waals surface area contributed by atoms with Crippen LogP contribution in [0, 0.1) is 11.8 Å². The van der Waals surface area contributed by atoms with Crippen LogP contribution in [0.5, 0.6) is 0 Å². The third-order valence-corrected chi connectivity index (χ3v) is 9.77. The molecule has 6 rings (SSSR count). The van der Waals surface area contributed by atoms with Gasteiger partial charge in [0.25, 0.3) is 0 Å². The number of carbonyl (C=O) groups excluding carboxylic acids is 4. The average molecular weight is 567 g/mol. The quantitative estimate of drug-likeness (QED) is 0.230. The Morgan fingerprint density at radius 2 is 1.22 bits per heavy atom. The van der Waals surface area contributed by atoms with Crippen molar-refractivity contribution < 1.29 is 38.1 Å². The van der Waals surface area contributed by atoms with Crippen molar-refractivity contribution in [3.05, 3.63) is 47.6 Å². The van der Waals surface area contributed by atoms with Gasteiger partial charge >= 0.3 is 11.9 Å². The first-order valence-electron chi connectivity index (χ1n) is 14.6. The van der Waals surface area contributed by atoms with Crippen molar-refractivity contribution in [3.63, 3.8) is 0 Å². The largest absolute Gasteiger partial charge is 0.455 e. The predicted molar refractivity (Wildman–Crippen MR) is 146 cm³/mol. The summed E-state index contributed by atoms with van der Waals surface area (Å²) in [4.78, 5) is 50.6. The molecule has 10 nitrogen and oxygen atoms in total. The average Bonchev–Trinajstić information content (AvgIpc) is 3.74. The van der Waals surface area contributed by atoms with Gasteiger partial charge in [-0.25, -0.2) is 9.59 Å². The highest BCUT2D eigenvalue weighted by Crippen LogP contribution is 2.51. The topological polar surface area (TPSA) is 136 Å². The van der Waals surface area contributed by atoms with Gasteiger partial charge in [0.1, 0.15) is 24.4 Å². The number of carbonyl (C=O) groups is 4. The summed E-state index contributed by atoms with van der Waals surface area (Å²) < 4.78 is 23.0. The Morgan fingerprint density at radius 1 is 0.805 bits per heavy atom. The molecule has 0 bridgehead atoms. The zero-order chi connectivity index (χ0) is 29.1. The summed E-state index contributed by atoms with van der Waals surface area (Å²) in [6.45, 7) is 11.8. The summed E-state index contributed by atoms with van der Waals surface area (Å²) in [5, 5.41) is 5.64. The van der Waals surface area contributed by atoms with Crippen LogP contribution in [0.1, 0.15) is 65.2 Å². The number of hydrogen-bond donors (Lipinski definition) is 2. The minimum Gasteiger partial charge on any atom is -0.455 e. The fraction of sp³-hybridized carbons (Fsp3) is 0.613. The number of epoxide rings is 2. The standard InChI is InChI=1S/C31H38N2O8/c1-16-20-11-9-18(7-5-13-30(3)24(40-30)22(20)38-28(16)36)26(34)32-15-33-27(35)19-8-6-14-31(4)25(41-31)23-21(12-10-19)17(2)29(37)39-23/h7-8,20-25H,1-2,5-6,9-15H2,3-4H3,(H,32,34)(H,33,35)/b18-7+,19-8+/t20-,21-,22-,23-,24-,25-,30+,31+/m0/s1. The second kappa shape index (κ2) is 10.2. The van der Waals surface area contributed by atoms with Gasteiger partial charge < -0.3 is 29.6 Å². The maximum absolute atomic E-state index is 13.1. The Bertz CT molecular complexity index is 1190. The first kappa shape index (κ1) is 27.9. The highest BCUT2D eigenvalue weighted by atomic mass is 16.7. The van der Waals surface area contributed by atoms with Gasteiger partial charge in [-0.05, 0) is 65.2 Å². The Kier molecular flexibility index (Phi) is 6.97. The summed E-state index contributed by atoms with van der Waals surface area (Å²) in [5.41, 5.74) is 1.31. The molecule has 4 heterocycles. The lowest BCUT2D eigenvalue weighted by Crippen LogP contribution is -2.39. The minimum atomic E-state index is -0.393. The third kappa shape index (κ3) is 5.16. The molecule has 0 radical (unpaired) electrons. The number of rotatable bonds is 4. The number of fused-ring (bicyclic) bond motifs is 6. The fourth-order valence-corrected chi connectivity index (χ4v) is 6.96. The number of allylic oxidation sites excluding steroid dienone is 2. The van der Waals surface area contributed by atoms with Crippen molar-refractivity contribution >= 4 is 23.8 Å². The van der Waals surface area contributed by atoms with E-state index in [1.54, 1.807) is 0 Å². The molecule has 4 saturated heterocycles. The molecule has 10 heteroatoms. The van der Waals surface area contributed by atoms with Gasteiger partial charge in [0.15, 0.2) is 0 Å². The first-order valence-corrected chi connectivity index (χ1v) is 14.6. The highest BCUT2D eigenvalue weighted by molar-refractivity contribution is 5.96. The molecule has 220 valence electrons. The second-order valence-electron chi connectivity index (χ2n) is 12.5. The number of ether oxygens (including phenoxy) is 4. The van der Waals surface area contributed by atoms with Crippen LogP contribution in [0.25, 0.3) is 0 Å². The molecule has 2 N–H and O–H groups in total. The van der Waals surface area contributed by atoms with Crippen LogP contribution in [0.2, 0.25) is 0 Å². The SMILES string of the molecule is C=C1C(=O)O[C@H]2[C@H]1CC/C(C(=O)NCNC(=O)/C1=C/CC[C@@]3(C)O[C@H]3[C@H]3OC(=O)C(=C)[C@@H]3CC1)=C\CC[C@@]1(C)O[C@@H]21. The van der Waals surface area contributed by atoms with Gasteiger partial charge in [-0.2, -0.15) is 0 Å². The van der Waals surface area contributed by atoms with Crippen molar-refractivity contribution in [3.8, 4) is 0 Å². The van der Waals surface area contributed by atoms with Crippen molar-refractivity contribution in [1.82, 2.24) is 10.6 Å². The lowest BCUT2D eigenvalue weighted by Gasteiger charge is -2.20. The molecule has 4 fully saturated rings. The van der Waals surface area contributed by atoms with Gasteiger partial charge in [0.2, 0.25) is 11.8 Å². The molecule has 2 amide bonds. The molecule has 6 aliphatic rings. The van der Waals surface area contributed by atoms with E-state index in [2.05, 4.69) is 23.8 Å². The molecule has 8 atom stereocenters. The second-order valence-corrected chi connectivity index (χ2v) is 12.5. The lowest BCUT2D eigenvalue weighted by molar-refractivity contribution is -0.140. The van der Waals surface area contributed by atoms with Crippen LogP contribution in [0.15, 0.2) is 47.6 Å². The summed E-state index contributed by atoms with van der Waals surface area (Å²) >= 11 is 0. The van der Waals surface area contributed by atoms with E-state index in [0.717, 1.165) is 0 Å². The zero-order valence-corrected chi connectivity index (χ0v) is 23.7. The Morgan fingerprint density at radius 3 is 1.63 bits per heavy atom. The normalized spacial score (nSPS) is 42.4. The zero-order valence-electron chi connectivity index (χ0n) is 23.7. The fourth-order valence-electron chi connectivity index (χ4n) is 6.96. The van der Waals surface area contributed by atoms with E-state index in [-0.39, 0.29) is 65.9 Å². The van der Waals surface area contributed by atoms with E-state index in [1.165, 1.54) is 0 Å². The Hall–Kier alpha value is -3.24. The molecule has 41 heavy (non-hydrogen) atoms. The number of esters is 2. The van der Waals surface area contributed by atoms with Crippen LogP contribution in [-0.4, -0.2) is 66.0 Å². The van der Waals surface area contributed by atoms with Crippen molar-refractivity contribution in [2.24, 2.45) is 11.8 Å². The van der Waals surface area contributed by atoms with E-state index < -0.39 is 11.9 Å². The van der Waals surface area contributed by atoms with Crippen LogP contribution in [0.4, 0.5) is 0 Å². The molecule has 0 spiro atoms. The summed E-state index contributed by atoms with van der Waals surface area (Å²) in [6, 6.07) is 0. The summed E-state index contributed by atoms with van der Waals surface area (Å²) in [6.07, 6.45) is 7.58. The van der Waals surface area contributed by atoms with Crippen LogP contribution in [-0.2, 0) is 38.1 Å². The van der Waals surface area contributed by atoms with E-state index in [9.17, 15) is 19.2 Å². The molecular weight excluding hydrogens is 528 g/mol. The maximum Gasteiger partial charge on any atom is 0.334 e. The summed E-state index contributed by atoms with van der Waals surface area (Å²) in [5.74, 6) is -1.70. The van der Waals surface area contributed by atoms with Gasteiger partial charge in [-0.3, -0.25) is 9.59 Å². The molecule has 2 aliphatic carbocycles. The minimum absolute atomic E-state index is 0.0289. The van der Waals surface area contributed by atoms with E-state index >= 15 is 0 Å². The van der Waals surface area contributed by atoms with Crippen molar-refractivity contribution in [2.75, 3.05) is 6.67 Å². The smallest absolute Gasteiger partial charge is 0.334 e. The van der Waals surface area contributed by atoms with E-state index in [1.807, 2.05) is 26.0 Å². The molecule has 0 unspecified atom stereocenters. The third-order valence-electron chi connectivity index (χ3n) is 9.77. The molecule has 0 aromatic rings. The van der Waals surface area contributed by atoms with E-state index in [4.69, 9.17) is 18.9 Å². The van der Waals surface area contributed by atoms with Gasteiger partial charge in [0.05, 0.1) is 17.9 Å². The number of hydrogen-bond acceptors (Lipinski definition) is 8. The lowest BCUT2D eigenvalue weighted by atomic mass is 9.83. The molecular formula is C31H38N2O8. The van der Waals surface area contributed by atoms with Gasteiger partial charge in [-0.1, -0.05) is 25.3 Å². The van der Waals surface area contributed by atoms with Gasteiger partial charge in [0, 0.05) is 34.1 Å². The highest BCUT2D eigenvalue weighted by Gasteiger charge is 2.62. The van der Waals surface area contributed by atoms with Crippen molar-refractivity contribution in [1.29, 1.82) is 0 Å². The van der Waals surface area contributed by atoms with Crippen LogP contribution < -0.4 is 10.6 Å². The predicted octanol–water partition coefficient (Wildman–Crippen LogP) is 2.69. The van der Waals surface area contributed by atoms with Crippen LogP contribution in [0.3, 0.4) is 0 Å². The summed E-state index contributed by atoms with van der Waals surface area (Å²) in [7, 11) is 0. The Labute approximate surface area is 239 Å². The monoisotopic (exact) mass is 566 g/mol. The van der Waals surface area contributed by atoms with Gasteiger partial charge in [-0.15, -0.1) is 0 Å². The number of nitrogens with one attached hydrogen (secondary N) is 2. The van der Waals surface area contributed by atoms with Crippen molar-refractivity contribution in [2.45, 2.75) is 101 Å². The number of amides is 2. The van der Waals surface area contributed by atoms with Crippen LogP contribution >= 0.6 is 0 Å². The molecule has 4 aliphatic heterocycles. The molecule has 0 aromatic carbocycles. The molecule has 0 aromatic heterocycles.